The van der Waals surface area contributed by atoms with Crippen molar-refractivity contribution < 1.29 is 9.18 Å². The first-order chi connectivity index (χ1) is 14.4. The second kappa shape index (κ2) is 8.69. The van der Waals surface area contributed by atoms with Crippen LogP contribution in [0.4, 0.5) is 10.1 Å². The summed E-state index contributed by atoms with van der Waals surface area (Å²) in [5.41, 5.74) is 1.72. The van der Waals surface area contributed by atoms with Crippen LogP contribution in [-0.4, -0.2) is 18.6 Å². The molecule has 2 aromatic carbocycles. The Kier molecular flexibility index (Phi) is 6.19. The molecule has 0 bridgehead atoms. The highest BCUT2D eigenvalue weighted by atomic mass is 35.5. The highest BCUT2D eigenvalue weighted by Gasteiger charge is 2.37. The van der Waals surface area contributed by atoms with E-state index in [1.54, 1.807) is 29.2 Å². The number of nitrogens with zero attached hydrogens (tertiary/aromatic N) is 2. The third-order valence-corrected chi connectivity index (χ3v) is 6.87. The molecule has 1 amide bonds. The van der Waals surface area contributed by atoms with Gasteiger partial charge in [0.25, 0.3) is 0 Å². The number of carbonyl (C=O) groups is 1. The van der Waals surface area contributed by atoms with Gasteiger partial charge < -0.3 is 10.2 Å². The summed E-state index contributed by atoms with van der Waals surface area (Å²) in [6.45, 7) is 0.664. The van der Waals surface area contributed by atoms with Gasteiger partial charge in [0, 0.05) is 36.2 Å². The minimum absolute atomic E-state index is 0.0358. The van der Waals surface area contributed by atoms with Gasteiger partial charge in [-0.05, 0) is 54.3 Å². The van der Waals surface area contributed by atoms with E-state index in [1.807, 2.05) is 0 Å². The second-order valence-electron chi connectivity index (χ2n) is 7.67. The molecule has 0 unspecified atom stereocenters. The number of carbonyl (C=O) groups excluding carboxylic acids is 1. The summed E-state index contributed by atoms with van der Waals surface area (Å²) in [5, 5.41) is 6.94. The van der Waals surface area contributed by atoms with Gasteiger partial charge in [0.1, 0.15) is 5.82 Å². The maximum atomic E-state index is 14.6. The Labute approximate surface area is 188 Å². The molecule has 1 saturated carbocycles. The molecule has 0 radical (unpaired) electrons. The van der Waals surface area contributed by atoms with E-state index in [9.17, 15) is 14.1 Å². The number of anilines is 1. The van der Waals surface area contributed by atoms with Crippen LogP contribution in [0.25, 0.3) is 0 Å². The second-order valence-corrected chi connectivity index (χ2v) is 8.87. The van der Waals surface area contributed by atoms with Crippen molar-refractivity contribution in [2.75, 3.05) is 11.4 Å². The molecule has 2 aliphatic rings. The van der Waals surface area contributed by atoms with E-state index >= 15 is 0 Å². The Balaban J connectivity index is 1.51. The lowest BCUT2D eigenvalue weighted by molar-refractivity contribution is -0.122. The zero-order chi connectivity index (χ0) is 21.4. The molecule has 2 atom stereocenters. The maximum absolute atomic E-state index is 14.6. The average molecular weight is 471 g/mol. The zero-order valence-electron chi connectivity index (χ0n) is 15.9. The van der Waals surface area contributed by atoms with Crippen LogP contribution < -0.4 is 10.2 Å². The summed E-state index contributed by atoms with van der Waals surface area (Å²) in [6.07, 6.45) is 1.70. The van der Waals surface area contributed by atoms with E-state index in [-0.39, 0.29) is 29.3 Å². The first-order valence-corrected chi connectivity index (χ1v) is 10.8. The Morgan fingerprint density at radius 2 is 1.83 bits per heavy atom. The van der Waals surface area contributed by atoms with E-state index < -0.39 is 12.0 Å². The van der Waals surface area contributed by atoms with Gasteiger partial charge in [0.2, 0.25) is 5.91 Å². The smallest absolute Gasteiger partial charge is 0.223 e. The number of amides is 1. The average Bonchev–Trinajstić information content (AvgIpc) is 3.49. The number of nitroso groups, excluding NO2 is 1. The van der Waals surface area contributed by atoms with Crippen molar-refractivity contribution in [3.63, 3.8) is 0 Å². The van der Waals surface area contributed by atoms with Crippen molar-refractivity contribution in [3.05, 3.63) is 67.3 Å². The van der Waals surface area contributed by atoms with Crippen LogP contribution in [-0.2, 0) is 11.3 Å². The molecule has 1 heterocycles. The molecule has 1 aliphatic heterocycles. The molecule has 0 spiro atoms. The Morgan fingerprint density at radius 3 is 2.43 bits per heavy atom. The van der Waals surface area contributed by atoms with E-state index in [2.05, 4.69) is 10.5 Å². The molecule has 1 saturated heterocycles. The Morgan fingerprint density at radius 1 is 1.13 bits per heavy atom. The van der Waals surface area contributed by atoms with Gasteiger partial charge in [-0.2, -0.15) is 0 Å². The van der Waals surface area contributed by atoms with Gasteiger partial charge in [0.05, 0.1) is 15.1 Å². The molecular weight excluding hydrogens is 452 g/mol. The van der Waals surface area contributed by atoms with E-state index in [1.165, 1.54) is 6.07 Å². The summed E-state index contributed by atoms with van der Waals surface area (Å²) in [4.78, 5) is 25.2. The minimum atomic E-state index is -0.724. The number of benzene rings is 2. The molecular formula is C21H19Cl3FN3O2. The number of halogens is 4. The lowest BCUT2D eigenvalue weighted by Gasteiger charge is -2.25. The largest absolute Gasteiger partial charge is 0.352 e. The molecule has 0 aromatic heterocycles. The van der Waals surface area contributed by atoms with Crippen LogP contribution in [0.15, 0.2) is 35.5 Å². The standard InChI is InChI=1S/C21H19Cl3FN3O2/c22-16-7-13(8-17(23)19(16)24)15-5-6-28(20(15)27-30)14-4-3-12(18(25)9-14)10-26-21(29)11-1-2-11/h3-4,7-9,11,15,20H,1-2,5-6,10H2,(H,26,29)/t15-,20+/m1/s1. The van der Waals surface area contributed by atoms with E-state index in [4.69, 9.17) is 34.8 Å². The number of rotatable bonds is 6. The van der Waals surface area contributed by atoms with Gasteiger partial charge in [0.15, 0.2) is 6.17 Å². The zero-order valence-corrected chi connectivity index (χ0v) is 18.1. The minimum Gasteiger partial charge on any atom is -0.352 e. The Hall–Kier alpha value is -1.89. The van der Waals surface area contributed by atoms with Crippen molar-refractivity contribution in [3.8, 4) is 0 Å². The van der Waals surface area contributed by atoms with Gasteiger partial charge in [-0.1, -0.05) is 40.9 Å². The molecule has 4 rings (SSSR count). The molecule has 5 nitrogen and oxygen atoms in total. The maximum Gasteiger partial charge on any atom is 0.223 e. The number of nitrogens with one attached hydrogen (secondary N) is 1. The van der Waals surface area contributed by atoms with Crippen molar-refractivity contribution >= 4 is 46.4 Å². The summed E-state index contributed by atoms with van der Waals surface area (Å²) in [7, 11) is 0. The van der Waals surface area contributed by atoms with Crippen LogP contribution in [0.5, 0.6) is 0 Å². The van der Waals surface area contributed by atoms with E-state index in [0.717, 1.165) is 18.4 Å². The fourth-order valence-corrected chi connectivity index (χ4v) is 4.46. The first-order valence-electron chi connectivity index (χ1n) is 9.68. The predicted octanol–water partition coefficient (Wildman–Crippen LogP) is 5.90. The monoisotopic (exact) mass is 469 g/mol. The molecule has 9 heteroatoms. The normalized spacial score (nSPS) is 21.0. The first kappa shape index (κ1) is 21.3. The van der Waals surface area contributed by atoms with Crippen molar-refractivity contribution in [2.24, 2.45) is 11.1 Å². The van der Waals surface area contributed by atoms with Crippen LogP contribution in [0.3, 0.4) is 0 Å². The summed E-state index contributed by atoms with van der Waals surface area (Å²) in [6, 6.07) is 8.12. The van der Waals surface area contributed by atoms with Gasteiger partial charge >= 0.3 is 0 Å². The summed E-state index contributed by atoms with van der Waals surface area (Å²) in [5.74, 6) is -0.640. The topological polar surface area (TPSA) is 61.8 Å². The SMILES string of the molecule is O=N[C@@H]1[C@@H](c2cc(Cl)c(Cl)c(Cl)c2)CCN1c1ccc(CNC(=O)C2CC2)c(F)c1. The summed E-state index contributed by atoms with van der Waals surface area (Å²) >= 11 is 18.3. The quantitative estimate of drug-likeness (QED) is 0.422. The van der Waals surface area contributed by atoms with Gasteiger partial charge in [-0.25, -0.2) is 4.39 Å². The molecule has 2 aromatic rings. The van der Waals surface area contributed by atoms with Crippen LogP contribution in [0.2, 0.25) is 15.1 Å². The molecule has 30 heavy (non-hydrogen) atoms. The van der Waals surface area contributed by atoms with Crippen molar-refractivity contribution in [1.29, 1.82) is 0 Å². The highest BCUT2D eigenvalue weighted by Crippen LogP contribution is 2.41. The van der Waals surface area contributed by atoms with Crippen LogP contribution >= 0.6 is 34.8 Å². The molecule has 158 valence electrons. The third kappa shape index (κ3) is 4.27. The predicted molar refractivity (Wildman–Crippen MR) is 117 cm³/mol. The van der Waals surface area contributed by atoms with Crippen LogP contribution in [0.1, 0.15) is 36.3 Å². The third-order valence-electron chi connectivity index (χ3n) is 5.67. The van der Waals surface area contributed by atoms with Gasteiger partial charge in [-0.15, -0.1) is 4.91 Å². The highest BCUT2D eigenvalue weighted by molar-refractivity contribution is 6.48. The number of hydrogen-bond donors (Lipinski definition) is 1. The molecule has 1 aliphatic carbocycles. The fraction of sp³-hybridized carbons (Fsp3) is 0.381. The lowest BCUT2D eigenvalue weighted by Crippen LogP contribution is -2.30. The van der Waals surface area contributed by atoms with Gasteiger partial charge in [-0.3, -0.25) is 4.79 Å². The lowest BCUT2D eigenvalue weighted by atomic mass is 9.96. The fourth-order valence-electron chi connectivity index (χ4n) is 3.85. The Bertz CT molecular complexity index is 976. The molecule has 1 N–H and O–H groups in total. The van der Waals surface area contributed by atoms with Crippen LogP contribution in [0, 0.1) is 16.6 Å². The van der Waals surface area contributed by atoms with Crippen molar-refractivity contribution in [1.82, 2.24) is 5.32 Å². The summed E-state index contributed by atoms with van der Waals surface area (Å²) < 4.78 is 14.6. The number of hydrogen-bond acceptors (Lipinski definition) is 4. The van der Waals surface area contributed by atoms with E-state index in [0.29, 0.717) is 34.3 Å². The molecule has 2 fully saturated rings. The van der Waals surface area contributed by atoms with Crippen molar-refractivity contribution in [2.45, 2.75) is 37.9 Å².